The Balaban J connectivity index is 1.22. The van der Waals surface area contributed by atoms with Crippen molar-refractivity contribution in [3.8, 4) is 23.1 Å². The molecular weight excluding hydrogens is 454 g/mol. The maximum atomic E-state index is 13.1. The summed E-state index contributed by atoms with van der Waals surface area (Å²) in [4.78, 5) is 31.1. The normalized spacial score (nSPS) is 17.9. The molecule has 1 aromatic heterocycles. The molecule has 3 heterocycles. The van der Waals surface area contributed by atoms with Crippen LogP contribution in [0, 0.1) is 5.92 Å². The van der Waals surface area contributed by atoms with E-state index < -0.39 is 0 Å². The molecule has 2 fully saturated rings. The van der Waals surface area contributed by atoms with E-state index in [9.17, 15) is 9.59 Å². The predicted octanol–water partition coefficient (Wildman–Crippen LogP) is 2.55. The number of methoxy groups -OCH3 is 1. The number of hydrogen-bond acceptors (Lipinski definition) is 8. The number of nitrogens with one attached hydrogen (secondary N) is 1. The Morgan fingerprint density at radius 2 is 1.97 bits per heavy atom. The van der Waals surface area contributed by atoms with Crippen LogP contribution < -0.4 is 29.2 Å². The van der Waals surface area contributed by atoms with Crippen molar-refractivity contribution in [3.63, 3.8) is 0 Å². The molecule has 0 unspecified atom stereocenters. The van der Waals surface area contributed by atoms with Crippen molar-refractivity contribution in [1.29, 1.82) is 0 Å². The van der Waals surface area contributed by atoms with E-state index in [1.54, 1.807) is 24.3 Å². The molecule has 0 bridgehead atoms. The smallest absolute Gasteiger partial charge is 0.266 e. The van der Waals surface area contributed by atoms with E-state index >= 15 is 0 Å². The van der Waals surface area contributed by atoms with Crippen molar-refractivity contribution in [2.75, 3.05) is 45.2 Å². The zero-order valence-corrected chi connectivity index (χ0v) is 19.7. The van der Waals surface area contributed by atoms with Crippen LogP contribution in [-0.2, 0) is 9.53 Å². The molecule has 10 heteroatoms. The first-order chi connectivity index (χ1) is 17.1. The SMILES string of the molecule is COc1cc(N2COc3cc(OCC4CC4)ncc3C2=O)ccc1OCC(=O)NC1CCOCC1. The number of nitrogens with zero attached hydrogens (tertiary/aromatic N) is 2. The Bertz CT molecular complexity index is 1080. The summed E-state index contributed by atoms with van der Waals surface area (Å²) in [7, 11) is 1.50. The second kappa shape index (κ2) is 10.4. The Labute approximate surface area is 203 Å². The summed E-state index contributed by atoms with van der Waals surface area (Å²) in [6.07, 6.45) is 5.45. The quantitative estimate of drug-likeness (QED) is 0.580. The first-order valence-electron chi connectivity index (χ1n) is 11.9. The Hall–Kier alpha value is -3.53. The highest BCUT2D eigenvalue weighted by Crippen LogP contribution is 2.36. The van der Waals surface area contributed by atoms with Crippen molar-refractivity contribution in [1.82, 2.24) is 10.3 Å². The summed E-state index contributed by atoms with van der Waals surface area (Å²) in [6.45, 7) is 1.83. The van der Waals surface area contributed by atoms with Crippen LogP contribution in [0.4, 0.5) is 5.69 Å². The van der Waals surface area contributed by atoms with Gasteiger partial charge in [0, 0.05) is 37.6 Å². The Kier molecular flexibility index (Phi) is 6.89. The lowest BCUT2D eigenvalue weighted by Gasteiger charge is -2.29. The van der Waals surface area contributed by atoms with Gasteiger partial charge in [0.25, 0.3) is 11.8 Å². The third kappa shape index (κ3) is 5.59. The summed E-state index contributed by atoms with van der Waals surface area (Å²) in [5.74, 6) is 1.89. The summed E-state index contributed by atoms with van der Waals surface area (Å²) in [6, 6.07) is 6.84. The summed E-state index contributed by atoms with van der Waals surface area (Å²) >= 11 is 0. The molecule has 2 aromatic rings. The molecule has 2 amide bonds. The van der Waals surface area contributed by atoms with Crippen LogP contribution in [0.5, 0.6) is 23.1 Å². The zero-order chi connectivity index (χ0) is 24.2. The number of amides is 2. The molecule has 1 aliphatic carbocycles. The number of carbonyl (C=O) groups is 2. The molecule has 10 nitrogen and oxygen atoms in total. The number of hydrogen-bond donors (Lipinski definition) is 1. The lowest BCUT2D eigenvalue weighted by molar-refractivity contribution is -0.124. The summed E-state index contributed by atoms with van der Waals surface area (Å²) < 4.78 is 28.0. The topological polar surface area (TPSA) is 108 Å². The van der Waals surface area contributed by atoms with Gasteiger partial charge in [-0.05, 0) is 43.7 Å². The Morgan fingerprint density at radius 3 is 2.74 bits per heavy atom. The zero-order valence-electron chi connectivity index (χ0n) is 19.7. The minimum absolute atomic E-state index is 0.0365. The van der Waals surface area contributed by atoms with E-state index in [4.69, 9.17) is 23.7 Å². The van der Waals surface area contributed by atoms with Gasteiger partial charge in [0.05, 0.1) is 19.4 Å². The average molecular weight is 484 g/mol. The van der Waals surface area contributed by atoms with Crippen LogP contribution >= 0.6 is 0 Å². The average Bonchev–Trinajstić information content (AvgIpc) is 3.72. The van der Waals surface area contributed by atoms with Crippen molar-refractivity contribution in [2.45, 2.75) is 31.7 Å². The van der Waals surface area contributed by atoms with Gasteiger partial charge in [-0.25, -0.2) is 4.98 Å². The fourth-order valence-corrected chi connectivity index (χ4v) is 3.99. The van der Waals surface area contributed by atoms with Crippen LogP contribution in [0.25, 0.3) is 0 Å². The lowest BCUT2D eigenvalue weighted by atomic mass is 10.1. The van der Waals surface area contributed by atoms with Gasteiger partial charge in [-0.3, -0.25) is 14.5 Å². The molecule has 2 aliphatic heterocycles. The van der Waals surface area contributed by atoms with Crippen LogP contribution in [0.2, 0.25) is 0 Å². The molecule has 0 spiro atoms. The minimum Gasteiger partial charge on any atom is -0.493 e. The fraction of sp³-hybridized carbons (Fsp3) is 0.480. The van der Waals surface area contributed by atoms with Crippen LogP contribution in [0.3, 0.4) is 0 Å². The first-order valence-corrected chi connectivity index (χ1v) is 11.9. The van der Waals surface area contributed by atoms with Crippen LogP contribution in [-0.4, -0.2) is 63.1 Å². The number of anilines is 1. The van der Waals surface area contributed by atoms with Gasteiger partial charge < -0.3 is 29.0 Å². The molecule has 1 N–H and O–H groups in total. The fourth-order valence-electron chi connectivity index (χ4n) is 3.99. The van der Waals surface area contributed by atoms with E-state index in [0.717, 1.165) is 12.8 Å². The maximum absolute atomic E-state index is 13.1. The van der Waals surface area contributed by atoms with E-state index in [2.05, 4.69) is 10.3 Å². The van der Waals surface area contributed by atoms with Crippen LogP contribution in [0.15, 0.2) is 30.5 Å². The van der Waals surface area contributed by atoms with Crippen molar-refractivity contribution >= 4 is 17.5 Å². The number of ether oxygens (including phenoxy) is 5. The monoisotopic (exact) mass is 483 g/mol. The second-order valence-electron chi connectivity index (χ2n) is 8.86. The second-order valence-corrected chi connectivity index (χ2v) is 8.86. The van der Waals surface area contributed by atoms with Gasteiger partial charge in [-0.1, -0.05) is 0 Å². The van der Waals surface area contributed by atoms with Gasteiger partial charge in [0.1, 0.15) is 11.3 Å². The van der Waals surface area contributed by atoms with Crippen molar-refractivity contribution in [2.24, 2.45) is 5.92 Å². The van der Waals surface area contributed by atoms with Gasteiger partial charge in [-0.15, -0.1) is 0 Å². The molecule has 0 atom stereocenters. The van der Waals surface area contributed by atoms with Crippen molar-refractivity contribution in [3.05, 3.63) is 36.0 Å². The number of rotatable bonds is 9. The van der Waals surface area contributed by atoms with E-state index in [1.807, 2.05) is 0 Å². The number of aromatic nitrogens is 1. The molecule has 1 saturated carbocycles. The van der Waals surface area contributed by atoms with Gasteiger partial charge in [0.2, 0.25) is 5.88 Å². The number of carbonyl (C=O) groups excluding carboxylic acids is 2. The largest absolute Gasteiger partial charge is 0.493 e. The molecule has 5 rings (SSSR count). The van der Waals surface area contributed by atoms with Crippen molar-refractivity contribution < 1.29 is 33.3 Å². The highest BCUT2D eigenvalue weighted by molar-refractivity contribution is 6.08. The van der Waals surface area contributed by atoms with Gasteiger partial charge in [-0.2, -0.15) is 0 Å². The summed E-state index contributed by atoms with van der Waals surface area (Å²) in [5, 5.41) is 2.96. The molecule has 1 aromatic carbocycles. The molecule has 0 radical (unpaired) electrons. The predicted molar refractivity (Wildman–Crippen MR) is 125 cm³/mol. The lowest BCUT2D eigenvalue weighted by Crippen LogP contribution is -2.41. The number of fused-ring (bicyclic) bond motifs is 1. The highest BCUT2D eigenvalue weighted by Gasteiger charge is 2.29. The molecule has 1 saturated heterocycles. The Morgan fingerprint density at radius 1 is 1.14 bits per heavy atom. The highest BCUT2D eigenvalue weighted by atomic mass is 16.5. The molecule has 35 heavy (non-hydrogen) atoms. The van der Waals surface area contributed by atoms with E-state index in [0.29, 0.717) is 60.1 Å². The molecule has 3 aliphatic rings. The third-order valence-electron chi connectivity index (χ3n) is 6.23. The van der Waals surface area contributed by atoms with E-state index in [1.165, 1.54) is 31.0 Å². The third-order valence-corrected chi connectivity index (χ3v) is 6.23. The maximum Gasteiger partial charge on any atom is 0.266 e. The standard InChI is InChI=1S/C25H29N3O7/c1-31-22-10-18(4-5-20(22)33-14-23(29)27-17-6-8-32-9-7-17)28-15-35-21-11-24(34-13-16-2-3-16)26-12-19(21)25(28)30/h4-5,10-12,16-17H,2-3,6-9,13-15H2,1H3,(H,27,29). The minimum atomic E-state index is -0.237. The van der Waals surface area contributed by atoms with Gasteiger partial charge >= 0.3 is 0 Å². The number of pyridine rings is 1. The van der Waals surface area contributed by atoms with Gasteiger partial charge in [0.15, 0.2) is 24.8 Å². The summed E-state index contributed by atoms with van der Waals surface area (Å²) in [5.41, 5.74) is 0.935. The molecule has 186 valence electrons. The first kappa shape index (κ1) is 23.2. The number of benzene rings is 1. The van der Waals surface area contributed by atoms with E-state index in [-0.39, 0.29) is 31.2 Å². The molecular formula is C25H29N3O7. The van der Waals surface area contributed by atoms with Crippen LogP contribution in [0.1, 0.15) is 36.0 Å².